The van der Waals surface area contributed by atoms with Crippen LogP contribution < -0.4 is 0 Å². The lowest BCUT2D eigenvalue weighted by Gasteiger charge is -2.38. The molecule has 3 atom stereocenters. The maximum Gasteiger partial charge on any atom is 0.509 e. The molecular weight excluding hydrogens is 319 g/mol. The van der Waals surface area contributed by atoms with Crippen LogP contribution in [0.5, 0.6) is 0 Å². The van der Waals surface area contributed by atoms with E-state index < -0.39 is 6.16 Å². The first-order valence-electron chi connectivity index (χ1n) is 5.80. The van der Waals surface area contributed by atoms with Crippen molar-refractivity contribution in [2.75, 3.05) is 0 Å². The highest BCUT2D eigenvalue weighted by Crippen LogP contribution is 2.39. The molecule has 4 heteroatoms. The van der Waals surface area contributed by atoms with Gasteiger partial charge in [-0.1, -0.05) is 20.8 Å². The molecule has 3 nitrogen and oxygen atoms in total. The Morgan fingerprint density at radius 3 is 2.56 bits per heavy atom. The molecule has 0 aromatic rings. The number of halogens is 1. The molecule has 3 unspecified atom stereocenters. The molecule has 0 N–H and O–H groups in total. The average Bonchev–Trinajstić information content (AvgIpc) is 1.95. The summed E-state index contributed by atoms with van der Waals surface area (Å²) in [6, 6.07) is 0. The van der Waals surface area contributed by atoms with E-state index in [1.165, 1.54) is 6.42 Å². The van der Waals surface area contributed by atoms with Crippen molar-refractivity contribution in [3.8, 4) is 0 Å². The Hall–Kier alpha value is 0. The van der Waals surface area contributed by atoms with Gasteiger partial charge in [0.2, 0.25) is 0 Å². The molecule has 0 radical (unpaired) electrons. The quantitative estimate of drug-likeness (QED) is 0.431. The highest BCUT2D eigenvalue weighted by atomic mass is 127. The monoisotopic (exact) mass is 340 g/mol. The van der Waals surface area contributed by atoms with Crippen molar-refractivity contribution in [2.45, 2.75) is 57.2 Å². The van der Waals surface area contributed by atoms with Gasteiger partial charge in [0.15, 0.2) is 4.11 Å². The topological polar surface area (TPSA) is 35.5 Å². The van der Waals surface area contributed by atoms with Crippen LogP contribution in [0.25, 0.3) is 0 Å². The van der Waals surface area contributed by atoms with Crippen molar-refractivity contribution >= 4 is 28.7 Å². The first-order chi connectivity index (χ1) is 7.28. The van der Waals surface area contributed by atoms with Crippen LogP contribution in [0.15, 0.2) is 0 Å². The maximum absolute atomic E-state index is 11.4. The summed E-state index contributed by atoms with van der Waals surface area (Å²) in [5.74, 6) is 0.610. The van der Waals surface area contributed by atoms with Crippen LogP contribution in [0.1, 0.15) is 47.0 Å². The Morgan fingerprint density at radius 1 is 1.44 bits per heavy atom. The van der Waals surface area contributed by atoms with Crippen LogP contribution in [0, 0.1) is 11.3 Å². The van der Waals surface area contributed by atoms with E-state index in [4.69, 9.17) is 9.47 Å². The summed E-state index contributed by atoms with van der Waals surface area (Å²) >= 11 is 2.04. The summed E-state index contributed by atoms with van der Waals surface area (Å²) in [7, 11) is 0. The lowest BCUT2D eigenvalue weighted by atomic mass is 9.71. The number of hydrogen-bond donors (Lipinski definition) is 0. The van der Waals surface area contributed by atoms with Crippen molar-refractivity contribution in [2.24, 2.45) is 11.3 Å². The van der Waals surface area contributed by atoms with Crippen LogP contribution in [-0.2, 0) is 9.47 Å². The van der Waals surface area contributed by atoms with Gasteiger partial charge in [0, 0.05) is 0 Å². The van der Waals surface area contributed by atoms with Crippen LogP contribution in [0.4, 0.5) is 4.79 Å². The minimum absolute atomic E-state index is 0.0152. The van der Waals surface area contributed by atoms with Gasteiger partial charge in [0.1, 0.15) is 6.10 Å². The van der Waals surface area contributed by atoms with Crippen molar-refractivity contribution in [1.29, 1.82) is 0 Å². The van der Waals surface area contributed by atoms with E-state index in [9.17, 15) is 4.79 Å². The second-order valence-corrected chi connectivity index (χ2v) is 7.32. The molecule has 0 bridgehead atoms. The third kappa shape index (κ3) is 4.89. The van der Waals surface area contributed by atoms with E-state index in [0.717, 1.165) is 12.8 Å². The Morgan fingerprint density at radius 2 is 2.06 bits per heavy atom. The van der Waals surface area contributed by atoms with Crippen LogP contribution in [0.3, 0.4) is 0 Å². The molecular formula is C12H21IO3. The fourth-order valence-electron chi connectivity index (χ4n) is 2.64. The lowest BCUT2D eigenvalue weighted by molar-refractivity contribution is -0.0206. The zero-order chi connectivity index (χ0) is 12.3. The van der Waals surface area contributed by atoms with Crippen molar-refractivity contribution in [3.05, 3.63) is 0 Å². The average molecular weight is 340 g/mol. The Labute approximate surface area is 111 Å². The molecule has 16 heavy (non-hydrogen) atoms. The van der Waals surface area contributed by atoms with E-state index in [-0.39, 0.29) is 15.6 Å². The van der Waals surface area contributed by atoms with Crippen molar-refractivity contribution < 1.29 is 14.3 Å². The smallest absolute Gasteiger partial charge is 0.431 e. The lowest BCUT2D eigenvalue weighted by Crippen LogP contribution is -2.34. The predicted molar refractivity (Wildman–Crippen MR) is 71.6 cm³/mol. The highest BCUT2D eigenvalue weighted by Gasteiger charge is 2.34. The molecule has 0 heterocycles. The number of ether oxygens (including phenoxy) is 2. The van der Waals surface area contributed by atoms with Gasteiger partial charge in [-0.15, -0.1) is 0 Å². The van der Waals surface area contributed by atoms with E-state index in [1.807, 2.05) is 29.5 Å². The third-order valence-electron chi connectivity index (χ3n) is 2.87. The van der Waals surface area contributed by atoms with E-state index >= 15 is 0 Å². The SMILES string of the molecule is CC1CC(OC(=O)OC(C)I)CC(C)(C)C1. The Balaban J connectivity index is 2.45. The van der Waals surface area contributed by atoms with Gasteiger partial charge in [-0.2, -0.15) is 0 Å². The Kier molecular flexibility index (Phi) is 4.88. The van der Waals surface area contributed by atoms with Crippen LogP contribution in [0.2, 0.25) is 0 Å². The molecule has 94 valence electrons. The summed E-state index contributed by atoms with van der Waals surface area (Å²) in [5.41, 5.74) is 0.262. The van der Waals surface area contributed by atoms with Gasteiger partial charge in [0.05, 0.1) is 0 Å². The van der Waals surface area contributed by atoms with E-state index in [2.05, 4.69) is 20.8 Å². The molecule has 1 aliphatic rings. The van der Waals surface area contributed by atoms with Crippen LogP contribution >= 0.6 is 22.6 Å². The summed E-state index contributed by atoms with van der Waals surface area (Å²) in [6.45, 7) is 8.48. The van der Waals surface area contributed by atoms with E-state index in [0.29, 0.717) is 5.92 Å². The number of carbonyl (C=O) groups excluding carboxylic acids is 1. The predicted octanol–water partition coefficient (Wildman–Crippen LogP) is 4.14. The van der Waals surface area contributed by atoms with Crippen molar-refractivity contribution in [1.82, 2.24) is 0 Å². The first kappa shape index (κ1) is 14.1. The largest absolute Gasteiger partial charge is 0.509 e. The third-order valence-corrected chi connectivity index (χ3v) is 3.12. The summed E-state index contributed by atoms with van der Waals surface area (Å²) in [5, 5.41) is 0. The zero-order valence-corrected chi connectivity index (χ0v) is 12.6. The molecule has 0 aromatic heterocycles. The molecule has 1 saturated carbocycles. The van der Waals surface area contributed by atoms with Gasteiger partial charge in [0.25, 0.3) is 0 Å². The van der Waals surface area contributed by atoms with Gasteiger partial charge >= 0.3 is 6.16 Å². The normalized spacial score (nSPS) is 30.6. The zero-order valence-electron chi connectivity index (χ0n) is 10.5. The first-order valence-corrected chi connectivity index (χ1v) is 7.04. The molecule has 1 aliphatic carbocycles. The second kappa shape index (κ2) is 5.56. The number of hydrogen-bond acceptors (Lipinski definition) is 3. The molecule has 1 rings (SSSR count). The second-order valence-electron chi connectivity index (χ2n) is 5.56. The molecule has 0 spiro atoms. The number of carbonyl (C=O) groups is 1. The molecule has 0 aliphatic heterocycles. The van der Waals surface area contributed by atoms with Gasteiger partial charge < -0.3 is 9.47 Å². The molecule has 1 fully saturated rings. The minimum Gasteiger partial charge on any atom is -0.431 e. The fraction of sp³-hybridized carbons (Fsp3) is 0.917. The molecule has 0 amide bonds. The van der Waals surface area contributed by atoms with Gasteiger partial charge in [-0.05, 0) is 60.1 Å². The summed E-state index contributed by atoms with van der Waals surface area (Å²) in [6.07, 6.45) is 2.57. The van der Waals surface area contributed by atoms with Gasteiger partial charge in [-0.3, -0.25) is 0 Å². The Bertz CT molecular complexity index is 251. The highest BCUT2D eigenvalue weighted by molar-refractivity contribution is 14.1. The standard InChI is InChI=1S/C12H21IO3/c1-8-5-10(7-12(3,4)6-8)16-11(14)15-9(2)13/h8-10H,5-7H2,1-4H3. The van der Waals surface area contributed by atoms with Crippen molar-refractivity contribution in [3.63, 3.8) is 0 Å². The minimum atomic E-state index is -0.531. The number of alkyl halides is 1. The molecule has 0 aromatic carbocycles. The van der Waals surface area contributed by atoms with Gasteiger partial charge in [-0.25, -0.2) is 4.79 Å². The maximum atomic E-state index is 11.4. The number of rotatable bonds is 2. The summed E-state index contributed by atoms with van der Waals surface area (Å²) < 4.78 is 10.2. The molecule has 0 saturated heterocycles. The summed E-state index contributed by atoms with van der Waals surface area (Å²) in [4.78, 5) is 11.4. The fourth-order valence-corrected chi connectivity index (χ4v) is 2.85. The van der Waals surface area contributed by atoms with Crippen LogP contribution in [-0.4, -0.2) is 16.4 Å². The van der Waals surface area contributed by atoms with E-state index in [1.54, 1.807) is 0 Å².